The summed E-state index contributed by atoms with van der Waals surface area (Å²) >= 11 is 18.8. The maximum absolute atomic E-state index is 13.6. The van der Waals surface area contributed by atoms with Gasteiger partial charge in [0, 0.05) is 98.2 Å². The number of β-amino-alcohol motifs (C(OH)–C–C–N with tert-alkyl or cyclic N) is 1. The number of likely N-dealkylation sites (N-methyl/N-ethyl adjacent to an activating group) is 2. The minimum Gasteiger partial charge on any atom is -0.508 e. The van der Waals surface area contributed by atoms with Crippen molar-refractivity contribution in [3.63, 3.8) is 0 Å². The van der Waals surface area contributed by atoms with Gasteiger partial charge in [-0.25, -0.2) is 27.2 Å². The van der Waals surface area contributed by atoms with Gasteiger partial charge in [-0.05, 0) is 160 Å². The van der Waals surface area contributed by atoms with Gasteiger partial charge in [0.2, 0.25) is 0 Å². The fraction of sp³-hybridized carbons (Fsp3) is 0.239. The van der Waals surface area contributed by atoms with E-state index in [0.29, 0.717) is 85.4 Å². The third-order valence-corrected chi connectivity index (χ3v) is 15.6. The zero-order valence-corrected chi connectivity index (χ0v) is 59.9. The van der Waals surface area contributed by atoms with Gasteiger partial charge >= 0.3 is 3.18 Å². The predicted octanol–water partition coefficient (Wildman–Crippen LogP) is 10.9. The highest BCUT2D eigenvalue weighted by Crippen LogP contribution is 2.25. The number of rotatable bonds is 13. The molecule has 0 spiro atoms. The number of benzene rings is 6. The highest BCUT2D eigenvalue weighted by atomic mass is 79.9. The molecule has 2 aliphatic rings. The van der Waals surface area contributed by atoms with E-state index in [1.54, 1.807) is 71.5 Å². The van der Waals surface area contributed by atoms with E-state index < -0.39 is 0 Å². The Balaban J connectivity index is 0.000000157. The maximum Gasteiger partial charge on any atom is 0.369 e. The molecule has 2 saturated heterocycles. The molecule has 2 aliphatic heterocycles. The van der Waals surface area contributed by atoms with Gasteiger partial charge in [0.25, 0.3) is 16.7 Å². The average molecular weight is 1590 g/mol. The number of piperazine rings is 2. The van der Waals surface area contributed by atoms with Gasteiger partial charge in [0.15, 0.2) is 0 Å². The van der Waals surface area contributed by atoms with Crippen LogP contribution in [0.5, 0.6) is 17.2 Å². The van der Waals surface area contributed by atoms with E-state index in [2.05, 4.69) is 127 Å². The van der Waals surface area contributed by atoms with Crippen LogP contribution in [-0.2, 0) is 0 Å². The first-order valence-corrected chi connectivity index (χ1v) is 34.5. The maximum atomic E-state index is 13.6. The first-order chi connectivity index (χ1) is 47.8. The lowest BCUT2D eigenvalue weighted by Crippen LogP contribution is -2.45. The van der Waals surface area contributed by atoms with Crippen LogP contribution in [0.25, 0.3) is 83.5 Å². The number of aliphatic hydroxyl groups is 1. The normalized spacial score (nSPS) is 13.3. The number of H-pyrrole nitrogens is 3. The van der Waals surface area contributed by atoms with E-state index in [4.69, 9.17) is 37.8 Å². The molecule has 0 unspecified atom stereocenters. The van der Waals surface area contributed by atoms with Crippen molar-refractivity contribution in [2.45, 2.75) is 0 Å². The van der Waals surface area contributed by atoms with E-state index >= 15 is 0 Å². The number of phenolic OH excluding ortho intramolecular Hbond substituents is 1. The van der Waals surface area contributed by atoms with E-state index in [1.807, 2.05) is 48.5 Å². The number of ether oxygens (including phenoxy) is 2. The van der Waals surface area contributed by atoms with Crippen LogP contribution in [0.1, 0.15) is 0 Å². The van der Waals surface area contributed by atoms with Crippen molar-refractivity contribution in [3.05, 3.63) is 213 Å². The summed E-state index contributed by atoms with van der Waals surface area (Å²) in [6.07, 6.45) is 4.93. The molecule has 8 heterocycles. The fourth-order valence-electron chi connectivity index (χ4n) is 10.3. The van der Waals surface area contributed by atoms with E-state index in [0.717, 1.165) is 88.3 Å². The predicted molar refractivity (Wildman–Crippen MR) is 392 cm³/mol. The summed E-state index contributed by atoms with van der Waals surface area (Å²) in [6.45, 7) is 11.5. The summed E-state index contributed by atoms with van der Waals surface area (Å²) in [5.74, 6) is 0.557. The molecule has 0 bridgehead atoms. The second-order valence-corrected chi connectivity index (χ2v) is 29.5. The molecule has 99 heavy (non-hydrogen) atoms. The van der Waals surface area contributed by atoms with Crippen molar-refractivity contribution < 1.29 is 32.9 Å². The van der Waals surface area contributed by atoms with Crippen molar-refractivity contribution in [2.24, 2.45) is 0 Å². The van der Waals surface area contributed by atoms with Crippen LogP contribution < -0.4 is 26.2 Å². The Morgan fingerprint density at radius 3 is 1.15 bits per heavy atom. The van der Waals surface area contributed by atoms with Crippen LogP contribution in [0.2, 0.25) is 0 Å². The van der Waals surface area contributed by atoms with Crippen molar-refractivity contribution in [3.8, 4) is 68.1 Å². The zero-order valence-electron chi connectivity index (χ0n) is 53.6. The highest BCUT2D eigenvalue weighted by molar-refractivity contribution is 9.69. The number of aromatic amines is 3. The molecule has 516 valence electrons. The molecule has 32 heteroatoms. The number of methoxy groups -OCH3 is 1. The number of pyridine rings is 3. The number of fused-ring (bicyclic) bond motifs is 3. The molecule has 0 saturated carbocycles. The van der Waals surface area contributed by atoms with Crippen LogP contribution in [0, 0.1) is 17.5 Å². The molecule has 0 radical (unpaired) electrons. The summed E-state index contributed by atoms with van der Waals surface area (Å²) in [5, 5.41) is 44.3. The van der Waals surface area contributed by atoms with Gasteiger partial charge in [0.1, 0.15) is 58.4 Å². The number of nitrogens with zero attached hydrogens (tertiary/aromatic N) is 13. The number of nitrogens with one attached hydrogen (secondary N) is 3. The Kier molecular flexibility index (Phi) is 27.5. The number of aliphatic hydroxyl groups excluding tert-OH is 1. The number of hydrogen-bond acceptors (Lipinski definition) is 17. The Morgan fingerprint density at radius 2 is 0.818 bits per heavy atom. The van der Waals surface area contributed by atoms with Crippen molar-refractivity contribution in [1.82, 2.24) is 79.5 Å². The number of hydrogen-bond donors (Lipinski definition) is 5. The highest BCUT2D eigenvalue weighted by Gasteiger charge is 2.18. The second kappa shape index (κ2) is 36.5. The molecule has 0 aliphatic carbocycles. The van der Waals surface area contributed by atoms with Crippen LogP contribution in [0.4, 0.5) is 13.2 Å². The van der Waals surface area contributed by atoms with Crippen LogP contribution >= 0.6 is 70.5 Å². The molecule has 0 amide bonds. The third-order valence-electron chi connectivity index (χ3n) is 15.6. The number of halogens is 8. The molecular weight excluding hydrogens is 1520 g/mol. The summed E-state index contributed by atoms with van der Waals surface area (Å²) in [5.41, 5.74) is 5.18. The van der Waals surface area contributed by atoms with Gasteiger partial charge in [-0.3, -0.25) is 24.2 Å². The molecule has 23 nitrogen and oxygen atoms in total. The van der Waals surface area contributed by atoms with Crippen LogP contribution in [-0.4, -0.2) is 198 Å². The molecule has 14 rings (SSSR count). The zero-order chi connectivity index (χ0) is 70.5. The summed E-state index contributed by atoms with van der Waals surface area (Å²) in [6, 6.07) is 38.7. The quantitative estimate of drug-likeness (QED) is 0.0531. The smallest absolute Gasteiger partial charge is 0.369 e. The number of phenols is 1. The standard InChI is InChI=1S/C24H25FN6O2.C18H13FN4O2.C17H11FN4O2.C7H16N2O.CH2Cl2.BBr3/c1-29-8-10-30(11-9-29)12-13-33-20-5-3-19(4-6-20)31-16-23(27-28-31)21-15-17-14-18(25)2-7-22(17)26-24(21)32;1-25-14-5-3-13(4-6-14)23-10-17(21-22-23)15-9-11-8-12(19)2-7-16(11)20-18(15)24;18-11-1-6-15-10(7-11)8-14(17(24)19-15)16-9-22(21-20-16)12-2-4-13(23)5-3-12;1-8-2-4-9(5-3-8)6-7-10;2-1-3;2-1(3)4/h2-7,14-16H,8-13H2,1H3,(H,26,32);2-10H,1H3,(H,20,24);1-9,23H,(H,19,24);10H,2-7H2,1H3;1H2;. The largest absolute Gasteiger partial charge is 0.508 e. The van der Waals surface area contributed by atoms with Crippen LogP contribution in [0.3, 0.4) is 0 Å². The Bertz CT molecular complexity index is 4770. The molecule has 6 aromatic carbocycles. The summed E-state index contributed by atoms with van der Waals surface area (Å²) in [4.78, 5) is 54.6. The Labute approximate surface area is 600 Å². The van der Waals surface area contributed by atoms with Crippen molar-refractivity contribution in [1.29, 1.82) is 0 Å². The number of aromatic hydroxyl groups is 1. The van der Waals surface area contributed by atoms with Crippen LogP contribution in [0.15, 0.2) is 179 Å². The van der Waals surface area contributed by atoms with Gasteiger partial charge < -0.3 is 44.4 Å². The molecular formula is C67H67BBr3Cl2F3N16O7. The lowest BCUT2D eigenvalue weighted by atomic mass is 10.1. The molecule has 0 atom stereocenters. The fourth-order valence-corrected chi connectivity index (χ4v) is 10.3. The lowest BCUT2D eigenvalue weighted by Gasteiger charge is -2.32. The Hall–Kier alpha value is -8.56. The van der Waals surface area contributed by atoms with Crippen molar-refractivity contribution in [2.75, 3.05) is 105 Å². The lowest BCUT2D eigenvalue weighted by molar-refractivity contribution is 0.128. The van der Waals surface area contributed by atoms with Gasteiger partial charge in [-0.15, -0.1) is 85.8 Å². The molecule has 2 fully saturated rings. The third kappa shape index (κ3) is 21.5. The van der Waals surface area contributed by atoms with Crippen molar-refractivity contribution >= 4 is 106 Å². The topological polar surface area (TPSA) is 263 Å². The average Bonchev–Trinajstić information content (AvgIpc) is 1.81. The number of alkyl halides is 2. The second-order valence-electron chi connectivity index (χ2n) is 22.3. The van der Waals surface area contributed by atoms with Gasteiger partial charge in [-0.1, -0.05) is 15.6 Å². The molecule has 12 aromatic rings. The first kappa shape index (κ1) is 74.7. The minimum atomic E-state index is -0.381. The monoisotopic (exact) mass is 1580 g/mol. The summed E-state index contributed by atoms with van der Waals surface area (Å²) < 4.78 is 56.3. The number of aromatic nitrogens is 12. The Morgan fingerprint density at radius 1 is 0.495 bits per heavy atom. The molecule has 5 N–H and O–H groups in total. The SMILES string of the molecule is BrB(Br)Br.CN1CCN(CCO)CC1.CN1CCN(CCOc2ccc(-n3cc(-c4cc5cc(F)ccc5[nH]c4=O)nn3)cc2)CC1.COc1ccc(-n2cc(-c3cc4cc(F)ccc4[nH]c3=O)nn2)cc1.ClCCl.O=c1[nH]c2ccc(F)cc2cc1-c1cn(-c2ccc(O)cc2)nn1. The van der Waals surface area contributed by atoms with E-state index in [9.17, 15) is 32.7 Å². The first-order valence-electron chi connectivity index (χ1n) is 30.7. The minimum absolute atomic E-state index is 0.145. The van der Waals surface area contributed by atoms with E-state index in [1.165, 1.54) is 65.3 Å². The van der Waals surface area contributed by atoms with Gasteiger partial charge in [-0.2, -0.15) is 0 Å². The summed E-state index contributed by atoms with van der Waals surface area (Å²) in [7, 11) is 5.88. The molecule has 6 aromatic heterocycles. The van der Waals surface area contributed by atoms with E-state index in [-0.39, 0.29) is 48.4 Å². The van der Waals surface area contributed by atoms with Gasteiger partial charge in [0.05, 0.1) is 71.4 Å².